The van der Waals surface area contributed by atoms with E-state index in [0.29, 0.717) is 30.4 Å². The maximum Gasteiger partial charge on any atom is 0.219 e. The first-order chi connectivity index (χ1) is 12.8. The summed E-state index contributed by atoms with van der Waals surface area (Å²) in [5.41, 5.74) is 2.11. The number of fused-ring (bicyclic) bond motifs is 1. The minimum absolute atomic E-state index is 0.0979. The summed E-state index contributed by atoms with van der Waals surface area (Å²) in [6, 6.07) is 16.2. The molecular weight excluding hydrogens is 346 g/mol. The summed E-state index contributed by atoms with van der Waals surface area (Å²) in [6.07, 6.45) is 1.20. The molecule has 26 heavy (non-hydrogen) atoms. The van der Waals surface area contributed by atoms with E-state index in [2.05, 4.69) is 35.2 Å². The summed E-state index contributed by atoms with van der Waals surface area (Å²) in [5, 5.41) is 0.0979. The van der Waals surface area contributed by atoms with Gasteiger partial charge in [-0.3, -0.25) is 4.79 Å². The van der Waals surface area contributed by atoms with Crippen LogP contribution < -0.4 is 9.47 Å². The molecule has 2 heterocycles. The predicted octanol–water partition coefficient (Wildman–Crippen LogP) is 3.82. The Bertz CT molecular complexity index is 765. The number of hydrogen-bond acceptors (Lipinski definition) is 5. The topological polar surface area (TPSA) is 38.8 Å². The summed E-state index contributed by atoms with van der Waals surface area (Å²) in [4.78, 5) is 14.9. The molecule has 2 aromatic carbocycles. The molecule has 2 aliphatic rings. The molecule has 0 N–H and O–H groups in total. The molecule has 0 saturated carbocycles. The lowest BCUT2D eigenvalue weighted by atomic mass is 9.99. The van der Waals surface area contributed by atoms with E-state index in [-0.39, 0.29) is 5.12 Å². The van der Waals surface area contributed by atoms with Crippen molar-refractivity contribution in [1.29, 1.82) is 0 Å². The van der Waals surface area contributed by atoms with Gasteiger partial charge in [-0.15, -0.1) is 0 Å². The second-order valence-electron chi connectivity index (χ2n) is 6.69. The molecule has 0 spiro atoms. The van der Waals surface area contributed by atoms with Gasteiger partial charge in [0.1, 0.15) is 13.2 Å². The molecule has 0 amide bonds. The Kier molecular flexibility index (Phi) is 5.46. The molecule has 0 radical (unpaired) electrons. The summed E-state index contributed by atoms with van der Waals surface area (Å²) in [7, 11) is 0. The quantitative estimate of drug-likeness (QED) is 0.801. The van der Waals surface area contributed by atoms with E-state index in [1.165, 1.54) is 23.7 Å². The molecule has 136 valence electrons. The number of ether oxygens (including phenoxy) is 2. The highest BCUT2D eigenvalue weighted by atomic mass is 32.2. The first-order valence-corrected chi connectivity index (χ1v) is 10.1. The molecule has 0 aromatic heterocycles. The molecule has 1 unspecified atom stereocenters. The zero-order chi connectivity index (χ0) is 17.8. The summed E-state index contributed by atoms with van der Waals surface area (Å²) < 4.78 is 11.1. The van der Waals surface area contributed by atoms with Gasteiger partial charge in [0.15, 0.2) is 11.5 Å². The van der Waals surface area contributed by atoms with Crippen molar-refractivity contribution in [2.75, 3.05) is 38.6 Å². The first-order valence-electron chi connectivity index (χ1n) is 9.14. The van der Waals surface area contributed by atoms with E-state index in [9.17, 15) is 4.79 Å². The largest absolute Gasteiger partial charge is 0.486 e. The molecule has 1 atom stereocenters. The van der Waals surface area contributed by atoms with Crippen molar-refractivity contribution in [3.8, 4) is 11.5 Å². The van der Waals surface area contributed by atoms with Gasteiger partial charge in [0.2, 0.25) is 5.12 Å². The third-order valence-electron chi connectivity index (χ3n) is 4.96. The fraction of sp³-hybridized carbons (Fsp3) is 0.381. The standard InChI is InChI=1S/C21H23NO3S/c23-21(17-6-7-19-20(14-17)25-12-11-24-19)26-13-10-22-9-8-18(15-22)16-4-2-1-3-5-16/h1-7,14,18H,8-13,15H2. The van der Waals surface area contributed by atoms with Gasteiger partial charge >= 0.3 is 0 Å². The van der Waals surface area contributed by atoms with Crippen molar-refractivity contribution in [2.24, 2.45) is 0 Å². The van der Waals surface area contributed by atoms with Crippen molar-refractivity contribution >= 4 is 16.9 Å². The van der Waals surface area contributed by atoms with E-state index in [1.807, 2.05) is 12.1 Å². The second kappa shape index (κ2) is 8.14. The maximum atomic E-state index is 12.4. The number of likely N-dealkylation sites (tertiary alicyclic amines) is 1. The summed E-state index contributed by atoms with van der Waals surface area (Å²) in [6.45, 7) is 4.25. The Morgan fingerprint density at radius 3 is 2.73 bits per heavy atom. The van der Waals surface area contributed by atoms with Crippen molar-refractivity contribution in [2.45, 2.75) is 12.3 Å². The highest BCUT2D eigenvalue weighted by Crippen LogP contribution is 2.32. The lowest BCUT2D eigenvalue weighted by Gasteiger charge is -2.18. The van der Waals surface area contributed by atoms with Crippen LogP contribution in [-0.2, 0) is 0 Å². The molecule has 2 aromatic rings. The molecule has 1 saturated heterocycles. The van der Waals surface area contributed by atoms with Crippen LogP contribution >= 0.6 is 11.8 Å². The van der Waals surface area contributed by atoms with Gasteiger partial charge in [-0.05, 0) is 42.6 Å². The Morgan fingerprint density at radius 2 is 1.88 bits per heavy atom. The zero-order valence-corrected chi connectivity index (χ0v) is 15.5. The van der Waals surface area contributed by atoms with Crippen LogP contribution in [0.15, 0.2) is 48.5 Å². The van der Waals surface area contributed by atoms with Gasteiger partial charge in [-0.1, -0.05) is 42.1 Å². The minimum Gasteiger partial charge on any atom is -0.486 e. The molecule has 0 aliphatic carbocycles. The number of benzene rings is 2. The van der Waals surface area contributed by atoms with E-state index in [0.717, 1.165) is 31.1 Å². The SMILES string of the molecule is O=C(SCCN1CCC(c2ccccc2)C1)c1ccc2c(c1)OCCO2. The number of carbonyl (C=O) groups is 1. The average Bonchev–Trinajstić information content (AvgIpc) is 3.17. The Balaban J connectivity index is 1.25. The second-order valence-corrected chi connectivity index (χ2v) is 7.76. The van der Waals surface area contributed by atoms with E-state index in [1.54, 1.807) is 6.07 Å². The number of nitrogens with zero attached hydrogens (tertiary/aromatic N) is 1. The van der Waals surface area contributed by atoms with Crippen LogP contribution in [0.5, 0.6) is 11.5 Å². The van der Waals surface area contributed by atoms with Crippen LogP contribution in [0.2, 0.25) is 0 Å². The Morgan fingerprint density at radius 1 is 1.08 bits per heavy atom. The molecule has 2 aliphatic heterocycles. The van der Waals surface area contributed by atoms with Crippen molar-refractivity contribution in [3.63, 3.8) is 0 Å². The third kappa shape index (κ3) is 4.05. The number of rotatable bonds is 5. The molecular formula is C21H23NO3S. The highest BCUT2D eigenvalue weighted by molar-refractivity contribution is 8.14. The van der Waals surface area contributed by atoms with Gasteiger partial charge < -0.3 is 14.4 Å². The molecule has 4 rings (SSSR count). The fourth-order valence-corrected chi connectivity index (χ4v) is 4.38. The Hall–Kier alpha value is -1.98. The monoisotopic (exact) mass is 369 g/mol. The third-order valence-corrected chi connectivity index (χ3v) is 5.85. The van der Waals surface area contributed by atoms with Crippen molar-refractivity contribution in [3.05, 3.63) is 59.7 Å². The van der Waals surface area contributed by atoms with Crippen LogP contribution in [0.25, 0.3) is 0 Å². The molecule has 4 nitrogen and oxygen atoms in total. The molecule has 1 fully saturated rings. The minimum atomic E-state index is 0.0979. The lowest BCUT2D eigenvalue weighted by Crippen LogP contribution is -2.23. The maximum absolute atomic E-state index is 12.4. The molecule has 5 heteroatoms. The van der Waals surface area contributed by atoms with Crippen LogP contribution in [0.4, 0.5) is 0 Å². The first kappa shape index (κ1) is 17.4. The van der Waals surface area contributed by atoms with E-state index >= 15 is 0 Å². The average molecular weight is 369 g/mol. The van der Waals surface area contributed by atoms with Crippen LogP contribution in [-0.4, -0.2) is 48.6 Å². The lowest BCUT2D eigenvalue weighted by molar-refractivity contribution is 0.108. The van der Waals surface area contributed by atoms with E-state index < -0.39 is 0 Å². The number of carbonyl (C=O) groups excluding carboxylic acids is 1. The number of hydrogen-bond donors (Lipinski definition) is 0. The van der Waals surface area contributed by atoms with Crippen LogP contribution in [0.1, 0.15) is 28.3 Å². The van der Waals surface area contributed by atoms with Gasteiger partial charge in [0, 0.05) is 24.4 Å². The van der Waals surface area contributed by atoms with Crippen LogP contribution in [0, 0.1) is 0 Å². The van der Waals surface area contributed by atoms with Gasteiger partial charge in [-0.2, -0.15) is 0 Å². The Labute approximate surface area is 158 Å². The molecule has 0 bridgehead atoms. The normalized spacial score (nSPS) is 19.5. The summed E-state index contributed by atoms with van der Waals surface area (Å²) >= 11 is 1.39. The van der Waals surface area contributed by atoms with E-state index in [4.69, 9.17) is 9.47 Å². The smallest absolute Gasteiger partial charge is 0.219 e. The van der Waals surface area contributed by atoms with Crippen molar-refractivity contribution < 1.29 is 14.3 Å². The van der Waals surface area contributed by atoms with Gasteiger partial charge in [-0.25, -0.2) is 0 Å². The van der Waals surface area contributed by atoms with Gasteiger partial charge in [0.05, 0.1) is 0 Å². The van der Waals surface area contributed by atoms with Crippen LogP contribution in [0.3, 0.4) is 0 Å². The fourth-order valence-electron chi connectivity index (χ4n) is 3.55. The van der Waals surface area contributed by atoms with Crippen molar-refractivity contribution in [1.82, 2.24) is 4.90 Å². The predicted molar refractivity (Wildman–Crippen MR) is 104 cm³/mol. The zero-order valence-electron chi connectivity index (χ0n) is 14.7. The summed E-state index contributed by atoms with van der Waals surface area (Å²) in [5.74, 6) is 2.83. The number of thioether (sulfide) groups is 1. The highest BCUT2D eigenvalue weighted by Gasteiger charge is 2.23. The van der Waals surface area contributed by atoms with Gasteiger partial charge in [0.25, 0.3) is 0 Å².